The molecule has 1 aromatic carbocycles. The zero-order valence-electron chi connectivity index (χ0n) is 7.85. The van der Waals surface area contributed by atoms with Crippen molar-refractivity contribution in [2.24, 2.45) is 0 Å². The van der Waals surface area contributed by atoms with Crippen molar-refractivity contribution in [3.63, 3.8) is 0 Å². The fourth-order valence-corrected chi connectivity index (χ4v) is 1.15. The van der Waals surface area contributed by atoms with Crippen LogP contribution in [-0.4, -0.2) is 27.9 Å². The largest absolute Gasteiger partial charge is 0.478 e. The van der Waals surface area contributed by atoms with Gasteiger partial charge in [0, 0.05) is 5.02 Å². The summed E-state index contributed by atoms with van der Waals surface area (Å²) in [5.41, 5.74) is 0.0658. The van der Waals surface area contributed by atoms with E-state index in [1.54, 1.807) is 0 Å². The number of carbonyl (C=O) groups excluding carboxylic acids is 1. The lowest BCUT2D eigenvalue weighted by molar-refractivity contribution is -0.113. The molecule has 0 aliphatic heterocycles. The molecule has 1 rings (SSSR count). The number of halogens is 2. The van der Waals surface area contributed by atoms with Crippen LogP contribution in [0.5, 0.6) is 0 Å². The third-order valence-corrected chi connectivity index (χ3v) is 1.99. The number of thiol groups is 1. The number of aromatic carboxylic acids is 1. The highest BCUT2D eigenvalue weighted by atomic mass is 35.5. The first kappa shape index (κ1) is 15.2. The molecule has 2 N–H and O–H groups in total. The molecule has 0 saturated carbocycles. The summed E-state index contributed by atoms with van der Waals surface area (Å²) in [7, 11) is 0. The minimum absolute atomic E-state index is 0.0658. The van der Waals surface area contributed by atoms with E-state index in [1.165, 1.54) is 18.2 Å². The lowest BCUT2D eigenvalue weighted by Crippen LogP contribution is -1.96. The molecule has 0 aliphatic rings. The molecule has 0 unspecified atom stereocenters. The molecule has 0 atom stereocenters. The van der Waals surface area contributed by atoms with E-state index >= 15 is 0 Å². The third kappa shape index (κ3) is 5.97. The predicted octanol–water partition coefficient (Wildman–Crippen LogP) is 2.13. The lowest BCUT2D eigenvalue weighted by Gasteiger charge is -1.96. The Labute approximate surface area is 107 Å². The van der Waals surface area contributed by atoms with Gasteiger partial charge in [-0.2, -0.15) is 0 Å². The average molecular weight is 283 g/mol. The fraction of sp³-hybridized carbons (Fsp3) is 0.111. The molecule has 0 spiro atoms. The second-order valence-electron chi connectivity index (χ2n) is 2.48. The third-order valence-electron chi connectivity index (χ3n) is 1.30. The van der Waals surface area contributed by atoms with Gasteiger partial charge in [0.1, 0.15) is 6.61 Å². The predicted molar refractivity (Wildman–Crippen MR) is 64.5 cm³/mol. The zero-order valence-corrected chi connectivity index (χ0v) is 10.3. The van der Waals surface area contributed by atoms with Crippen LogP contribution < -0.4 is 0 Å². The van der Waals surface area contributed by atoms with Gasteiger partial charge in [-0.25, -0.2) is 4.79 Å². The number of rotatable bonds is 2. The molecule has 0 aliphatic carbocycles. The van der Waals surface area contributed by atoms with E-state index in [0.29, 0.717) is 5.02 Å². The summed E-state index contributed by atoms with van der Waals surface area (Å²) in [5.74, 6) is -1.05. The van der Waals surface area contributed by atoms with Crippen LogP contribution >= 0.6 is 35.8 Å². The first-order valence-corrected chi connectivity index (χ1v) is 5.09. The van der Waals surface area contributed by atoms with Crippen LogP contribution in [0.1, 0.15) is 10.4 Å². The zero-order chi connectivity index (χ0) is 12.7. The van der Waals surface area contributed by atoms with Crippen LogP contribution in [0.25, 0.3) is 0 Å². The van der Waals surface area contributed by atoms with Crippen LogP contribution in [0.3, 0.4) is 0 Å². The van der Waals surface area contributed by atoms with Crippen LogP contribution in [0.15, 0.2) is 18.2 Å². The van der Waals surface area contributed by atoms with E-state index in [-0.39, 0.29) is 10.6 Å². The van der Waals surface area contributed by atoms with Crippen LogP contribution in [0, 0.1) is 0 Å². The summed E-state index contributed by atoms with van der Waals surface area (Å²) in [6, 6.07) is 4.25. The van der Waals surface area contributed by atoms with Crippen LogP contribution in [0.2, 0.25) is 10.0 Å². The Morgan fingerprint density at radius 3 is 2.12 bits per heavy atom. The monoisotopic (exact) mass is 282 g/mol. The molecule has 16 heavy (non-hydrogen) atoms. The first-order valence-electron chi connectivity index (χ1n) is 3.89. The van der Waals surface area contributed by atoms with Gasteiger partial charge >= 0.3 is 5.97 Å². The fourth-order valence-electron chi connectivity index (χ4n) is 0.663. The molecule has 0 aromatic heterocycles. The summed E-state index contributed by atoms with van der Waals surface area (Å²) in [5, 5.41) is 16.3. The van der Waals surface area contributed by atoms with E-state index in [0.717, 1.165) is 0 Å². The maximum atomic E-state index is 10.4. The normalized spacial score (nSPS) is 9.00. The standard InChI is InChI=1S/C7H4Cl2O2.C2H4O2S/c8-4-1-2-5(7(10)11)6(9)3-4;3-1-2(4)5/h1-3H,(H,10,11);3H,1H2,(H,4,5). The molecule has 4 nitrogen and oxygen atoms in total. The van der Waals surface area contributed by atoms with Crippen molar-refractivity contribution < 1.29 is 19.8 Å². The van der Waals surface area contributed by atoms with Crippen molar-refractivity contribution >= 4 is 46.9 Å². The molecule has 0 radical (unpaired) electrons. The van der Waals surface area contributed by atoms with E-state index in [1.807, 2.05) is 0 Å². The Balaban J connectivity index is 0.000000385. The molecule has 88 valence electrons. The summed E-state index contributed by atoms with van der Waals surface area (Å²) in [4.78, 5) is 19.8. The van der Waals surface area contributed by atoms with Crippen LogP contribution in [0.4, 0.5) is 0 Å². The number of carboxylic acids is 1. The molecule has 0 amide bonds. The van der Waals surface area contributed by atoms with Crippen molar-refractivity contribution in [1.29, 1.82) is 0 Å². The number of aliphatic hydroxyl groups excluding tert-OH is 1. The molecule has 0 fully saturated rings. The van der Waals surface area contributed by atoms with Crippen molar-refractivity contribution in [2.75, 3.05) is 6.61 Å². The molecular formula is C9H8Cl2O4S. The summed E-state index contributed by atoms with van der Waals surface area (Å²) < 4.78 is 0. The van der Waals surface area contributed by atoms with Gasteiger partial charge < -0.3 is 10.2 Å². The van der Waals surface area contributed by atoms with E-state index < -0.39 is 17.7 Å². The number of hydrogen-bond donors (Lipinski definition) is 3. The van der Waals surface area contributed by atoms with Crippen molar-refractivity contribution in [3.05, 3.63) is 33.8 Å². The molecule has 0 saturated heterocycles. The number of aliphatic hydroxyl groups is 1. The molecule has 7 heteroatoms. The second-order valence-corrected chi connectivity index (χ2v) is 3.82. The van der Waals surface area contributed by atoms with Crippen LogP contribution in [-0.2, 0) is 4.79 Å². The van der Waals surface area contributed by atoms with Crippen molar-refractivity contribution in [2.45, 2.75) is 0 Å². The van der Waals surface area contributed by atoms with Gasteiger partial charge in [0.15, 0.2) is 0 Å². The van der Waals surface area contributed by atoms with Gasteiger partial charge in [0.25, 0.3) is 0 Å². The Bertz CT molecular complexity index is 395. The smallest absolute Gasteiger partial charge is 0.337 e. The maximum Gasteiger partial charge on any atom is 0.337 e. The molecule has 1 aromatic rings. The Hall–Kier alpha value is -0.750. The number of benzene rings is 1. The number of carbonyl (C=O) groups is 2. The minimum Gasteiger partial charge on any atom is -0.478 e. The van der Waals surface area contributed by atoms with Crippen molar-refractivity contribution in [3.8, 4) is 0 Å². The highest BCUT2D eigenvalue weighted by Crippen LogP contribution is 2.20. The molecule has 0 bridgehead atoms. The van der Waals surface area contributed by atoms with Gasteiger partial charge in [-0.05, 0) is 18.2 Å². The number of carboxylic acid groups (broad SMARTS) is 1. The lowest BCUT2D eigenvalue weighted by atomic mass is 10.2. The van der Waals surface area contributed by atoms with Gasteiger partial charge in [-0.3, -0.25) is 4.79 Å². The highest BCUT2D eigenvalue weighted by molar-refractivity contribution is 7.96. The van der Waals surface area contributed by atoms with Crippen molar-refractivity contribution in [1.82, 2.24) is 0 Å². The summed E-state index contributed by atoms with van der Waals surface area (Å²) in [6.07, 6.45) is 0. The Kier molecular flexibility index (Phi) is 7.16. The van der Waals surface area contributed by atoms with Gasteiger partial charge in [-0.15, -0.1) is 12.6 Å². The van der Waals surface area contributed by atoms with E-state index in [2.05, 4.69) is 12.6 Å². The molecular weight excluding hydrogens is 275 g/mol. The van der Waals surface area contributed by atoms with E-state index in [9.17, 15) is 9.59 Å². The minimum atomic E-state index is -1.05. The Morgan fingerprint density at radius 2 is 1.81 bits per heavy atom. The van der Waals surface area contributed by atoms with Gasteiger partial charge in [0.05, 0.1) is 10.6 Å². The average Bonchev–Trinajstić information content (AvgIpc) is 2.17. The quantitative estimate of drug-likeness (QED) is 0.727. The highest BCUT2D eigenvalue weighted by Gasteiger charge is 2.07. The number of hydrogen-bond acceptors (Lipinski definition) is 3. The Morgan fingerprint density at radius 1 is 1.31 bits per heavy atom. The maximum absolute atomic E-state index is 10.4. The SMILES string of the molecule is O=C(O)c1ccc(Cl)cc1Cl.O=C(S)CO. The first-order chi connectivity index (χ1) is 7.38. The summed E-state index contributed by atoms with van der Waals surface area (Å²) in [6.45, 7) is -0.469. The van der Waals surface area contributed by atoms with Gasteiger partial charge in [-0.1, -0.05) is 23.2 Å². The topological polar surface area (TPSA) is 74.6 Å². The van der Waals surface area contributed by atoms with E-state index in [4.69, 9.17) is 33.4 Å². The molecule has 0 heterocycles. The second kappa shape index (κ2) is 7.51. The summed E-state index contributed by atoms with van der Waals surface area (Å²) >= 11 is 14.3. The van der Waals surface area contributed by atoms with Gasteiger partial charge in [0.2, 0.25) is 5.12 Å².